The Labute approximate surface area is 194 Å². The van der Waals surface area contributed by atoms with E-state index in [0.717, 1.165) is 4.47 Å². The lowest BCUT2D eigenvalue weighted by Crippen LogP contribution is -2.36. The maximum atomic E-state index is 13.6. The fourth-order valence-corrected chi connectivity index (χ4v) is 3.98. The molecule has 3 aromatic rings. The summed E-state index contributed by atoms with van der Waals surface area (Å²) in [5, 5.41) is 3.08. The summed E-state index contributed by atoms with van der Waals surface area (Å²) in [6.45, 7) is 5.27. The van der Waals surface area contributed by atoms with Crippen molar-refractivity contribution in [3.8, 4) is 5.69 Å². The molecule has 0 amide bonds. The number of rotatable bonds is 8. The molecule has 1 heterocycles. The van der Waals surface area contributed by atoms with Crippen LogP contribution in [0.25, 0.3) is 5.69 Å². The molecule has 0 aliphatic carbocycles. The van der Waals surface area contributed by atoms with Gasteiger partial charge in [-0.1, -0.05) is 46.3 Å². The number of ether oxygens (including phenoxy) is 2. The quantitative estimate of drug-likeness (QED) is 0.371. The lowest BCUT2D eigenvalue weighted by molar-refractivity contribution is -0.162. The van der Waals surface area contributed by atoms with Gasteiger partial charge in [-0.05, 0) is 50.6 Å². The second kappa shape index (κ2) is 10.5. The number of para-hydroxylation sites is 1. The molecule has 0 saturated carbocycles. The summed E-state index contributed by atoms with van der Waals surface area (Å²) in [5.41, 5.74) is 1.77. The number of carbonyl (C=O) groups is 2. The third-order valence-electron chi connectivity index (χ3n) is 5.09. The predicted molar refractivity (Wildman–Crippen MR) is 124 cm³/mol. The summed E-state index contributed by atoms with van der Waals surface area (Å²) in [4.78, 5) is 39.5. The molecule has 0 aliphatic heterocycles. The highest BCUT2D eigenvalue weighted by molar-refractivity contribution is 9.10. The van der Waals surface area contributed by atoms with Crippen molar-refractivity contribution < 1.29 is 19.1 Å². The van der Waals surface area contributed by atoms with Gasteiger partial charge in [0.2, 0.25) is 0 Å². The van der Waals surface area contributed by atoms with Gasteiger partial charge in [0.1, 0.15) is 0 Å². The van der Waals surface area contributed by atoms with Crippen LogP contribution in [-0.4, -0.2) is 34.9 Å². The highest BCUT2D eigenvalue weighted by Crippen LogP contribution is 2.35. The number of aryl methyl sites for hydroxylation is 1. The molecule has 32 heavy (non-hydrogen) atoms. The Morgan fingerprint density at radius 1 is 0.969 bits per heavy atom. The molecule has 8 heteroatoms. The fourth-order valence-electron chi connectivity index (χ4n) is 3.71. The minimum atomic E-state index is -1.33. The maximum Gasteiger partial charge on any atom is 0.321 e. The molecule has 1 aromatic heterocycles. The SMILES string of the molecule is CCOC(=O)C(C(=O)OCC)[C@H](c1ccc(Br)cc1)c1c(C)[nH]n(-c2ccccc2)c1=O. The molecule has 3 rings (SSSR count). The summed E-state index contributed by atoms with van der Waals surface area (Å²) >= 11 is 3.40. The Kier molecular flexibility index (Phi) is 7.69. The first kappa shape index (κ1) is 23.5. The summed E-state index contributed by atoms with van der Waals surface area (Å²) in [7, 11) is 0. The highest BCUT2D eigenvalue weighted by atomic mass is 79.9. The summed E-state index contributed by atoms with van der Waals surface area (Å²) in [6, 6.07) is 16.2. The fraction of sp³-hybridized carbons (Fsp3) is 0.292. The molecular weight excluding hydrogens is 476 g/mol. The molecule has 168 valence electrons. The number of nitrogens with zero attached hydrogens (tertiary/aromatic N) is 1. The van der Waals surface area contributed by atoms with Gasteiger partial charge in [-0.15, -0.1) is 0 Å². The zero-order valence-electron chi connectivity index (χ0n) is 18.1. The zero-order valence-corrected chi connectivity index (χ0v) is 19.7. The van der Waals surface area contributed by atoms with Crippen molar-refractivity contribution in [3.63, 3.8) is 0 Å². The number of benzene rings is 2. The number of esters is 2. The summed E-state index contributed by atoms with van der Waals surface area (Å²) < 4.78 is 12.7. The van der Waals surface area contributed by atoms with Crippen molar-refractivity contribution in [2.45, 2.75) is 26.7 Å². The van der Waals surface area contributed by atoms with Crippen molar-refractivity contribution in [1.82, 2.24) is 9.78 Å². The maximum absolute atomic E-state index is 13.6. The molecule has 1 atom stereocenters. The topological polar surface area (TPSA) is 90.4 Å². The minimum absolute atomic E-state index is 0.0994. The van der Waals surface area contributed by atoms with Gasteiger partial charge < -0.3 is 9.47 Å². The van der Waals surface area contributed by atoms with Gasteiger partial charge in [-0.25, -0.2) is 4.68 Å². The summed E-state index contributed by atoms with van der Waals surface area (Å²) in [6.07, 6.45) is 0. The second-order valence-corrected chi connectivity index (χ2v) is 8.05. The highest BCUT2D eigenvalue weighted by Gasteiger charge is 2.42. The molecule has 0 unspecified atom stereocenters. The van der Waals surface area contributed by atoms with Gasteiger partial charge in [0.05, 0.1) is 18.9 Å². The number of H-pyrrole nitrogens is 1. The van der Waals surface area contributed by atoms with E-state index < -0.39 is 23.8 Å². The molecule has 0 radical (unpaired) electrons. The zero-order chi connectivity index (χ0) is 23.3. The lowest BCUT2D eigenvalue weighted by Gasteiger charge is -2.24. The Morgan fingerprint density at radius 3 is 2.06 bits per heavy atom. The van der Waals surface area contributed by atoms with Gasteiger partial charge in [0.15, 0.2) is 5.92 Å². The normalized spacial score (nSPS) is 11.9. The molecule has 0 bridgehead atoms. The molecule has 0 fully saturated rings. The first-order chi connectivity index (χ1) is 15.4. The first-order valence-corrected chi connectivity index (χ1v) is 11.1. The summed E-state index contributed by atoms with van der Waals surface area (Å²) in [5.74, 6) is -3.69. The number of carbonyl (C=O) groups excluding carboxylic acids is 2. The average molecular weight is 501 g/mol. The van der Waals surface area contributed by atoms with Crippen LogP contribution in [0.15, 0.2) is 63.9 Å². The van der Waals surface area contributed by atoms with Crippen LogP contribution in [0, 0.1) is 12.8 Å². The molecule has 0 aliphatic rings. The Bertz CT molecular complexity index is 1120. The molecule has 0 saturated heterocycles. The molecule has 7 nitrogen and oxygen atoms in total. The van der Waals surface area contributed by atoms with Crippen molar-refractivity contribution in [2.75, 3.05) is 13.2 Å². The van der Waals surface area contributed by atoms with Crippen molar-refractivity contribution in [3.05, 3.63) is 86.2 Å². The Hall–Kier alpha value is -3.13. The third kappa shape index (κ3) is 4.85. The average Bonchev–Trinajstić information content (AvgIpc) is 3.07. The van der Waals surface area contributed by atoms with Crippen LogP contribution in [-0.2, 0) is 19.1 Å². The predicted octanol–water partition coefficient (Wildman–Crippen LogP) is 4.11. The van der Waals surface area contributed by atoms with Gasteiger partial charge in [0, 0.05) is 21.6 Å². The van der Waals surface area contributed by atoms with E-state index in [2.05, 4.69) is 21.0 Å². The number of aromatic amines is 1. The van der Waals surface area contributed by atoms with Crippen LogP contribution in [0.5, 0.6) is 0 Å². The molecule has 2 aromatic carbocycles. The van der Waals surface area contributed by atoms with E-state index in [1.165, 1.54) is 4.68 Å². The van der Waals surface area contributed by atoms with Gasteiger partial charge in [-0.3, -0.25) is 19.5 Å². The van der Waals surface area contributed by atoms with Crippen molar-refractivity contribution in [2.24, 2.45) is 5.92 Å². The smallest absolute Gasteiger partial charge is 0.321 e. The Morgan fingerprint density at radius 2 is 1.53 bits per heavy atom. The van der Waals surface area contributed by atoms with Crippen LogP contribution in [0.1, 0.15) is 36.6 Å². The number of nitrogens with one attached hydrogen (secondary N) is 1. The number of hydrogen-bond acceptors (Lipinski definition) is 5. The number of hydrogen-bond donors (Lipinski definition) is 1. The van der Waals surface area contributed by atoms with E-state index >= 15 is 0 Å². The van der Waals surface area contributed by atoms with E-state index in [9.17, 15) is 14.4 Å². The standard InChI is InChI=1S/C24H25BrN2O5/c1-4-31-23(29)21(24(30)32-5-2)20(16-11-13-17(25)14-12-16)19-15(3)26-27(22(19)28)18-9-7-6-8-10-18/h6-14,20-21,26H,4-5H2,1-3H3/t20-/m1/s1. The largest absolute Gasteiger partial charge is 0.465 e. The monoisotopic (exact) mass is 500 g/mol. The van der Waals surface area contributed by atoms with E-state index in [1.54, 1.807) is 57.2 Å². The second-order valence-electron chi connectivity index (χ2n) is 7.14. The van der Waals surface area contributed by atoms with E-state index in [4.69, 9.17) is 9.47 Å². The molecular formula is C24H25BrN2O5. The van der Waals surface area contributed by atoms with Crippen LogP contribution in [0.2, 0.25) is 0 Å². The van der Waals surface area contributed by atoms with E-state index in [0.29, 0.717) is 22.5 Å². The number of aromatic nitrogens is 2. The van der Waals surface area contributed by atoms with Crippen LogP contribution in [0.4, 0.5) is 0 Å². The molecule has 1 N–H and O–H groups in total. The van der Waals surface area contributed by atoms with Gasteiger partial charge in [-0.2, -0.15) is 0 Å². The van der Waals surface area contributed by atoms with E-state index in [1.807, 2.05) is 18.2 Å². The van der Waals surface area contributed by atoms with Crippen molar-refractivity contribution in [1.29, 1.82) is 0 Å². The van der Waals surface area contributed by atoms with Crippen LogP contribution >= 0.6 is 15.9 Å². The number of halogens is 1. The third-order valence-corrected chi connectivity index (χ3v) is 5.61. The van der Waals surface area contributed by atoms with Crippen LogP contribution < -0.4 is 5.56 Å². The van der Waals surface area contributed by atoms with Gasteiger partial charge >= 0.3 is 11.9 Å². The van der Waals surface area contributed by atoms with Crippen molar-refractivity contribution >= 4 is 27.9 Å². The van der Waals surface area contributed by atoms with Crippen LogP contribution in [0.3, 0.4) is 0 Å². The first-order valence-electron chi connectivity index (χ1n) is 10.3. The minimum Gasteiger partial charge on any atom is -0.465 e. The lowest BCUT2D eigenvalue weighted by atomic mass is 9.80. The Balaban J connectivity index is 2.25. The van der Waals surface area contributed by atoms with E-state index in [-0.39, 0.29) is 18.8 Å². The van der Waals surface area contributed by atoms with Gasteiger partial charge in [0.25, 0.3) is 5.56 Å². The molecule has 0 spiro atoms.